The fourth-order valence-corrected chi connectivity index (χ4v) is 4.12. The van der Waals surface area contributed by atoms with E-state index in [2.05, 4.69) is 48.5 Å². The summed E-state index contributed by atoms with van der Waals surface area (Å²) in [5.74, 6) is 1.00. The molecule has 2 heteroatoms. The van der Waals surface area contributed by atoms with Crippen molar-refractivity contribution in [2.24, 2.45) is 0 Å². The molecule has 2 aliphatic carbocycles. The molecule has 0 bridgehead atoms. The molecule has 0 fully saturated rings. The van der Waals surface area contributed by atoms with Crippen LogP contribution in [0, 0.1) is 0 Å². The van der Waals surface area contributed by atoms with Crippen LogP contribution >= 0.6 is 0 Å². The summed E-state index contributed by atoms with van der Waals surface area (Å²) in [7, 11) is 0. The van der Waals surface area contributed by atoms with Gasteiger partial charge in [0.15, 0.2) is 0 Å². The van der Waals surface area contributed by atoms with E-state index in [0.29, 0.717) is 0 Å². The summed E-state index contributed by atoms with van der Waals surface area (Å²) in [4.78, 5) is 0. The SMILES string of the molecule is C1=C(c2ccco2)Cc2cc3c(c(-c4ccccc4)c21)CCC3.[Zr]. The predicted molar refractivity (Wildman–Crippen MR) is 94.2 cm³/mol. The van der Waals surface area contributed by atoms with E-state index in [4.69, 9.17) is 4.42 Å². The third-order valence-corrected chi connectivity index (χ3v) is 5.13. The van der Waals surface area contributed by atoms with Gasteiger partial charge in [0.1, 0.15) is 5.76 Å². The van der Waals surface area contributed by atoms with Crippen LogP contribution in [0.2, 0.25) is 0 Å². The van der Waals surface area contributed by atoms with Gasteiger partial charge in [0.25, 0.3) is 0 Å². The van der Waals surface area contributed by atoms with Gasteiger partial charge in [0, 0.05) is 32.6 Å². The number of furan rings is 1. The van der Waals surface area contributed by atoms with Gasteiger partial charge in [-0.1, -0.05) is 36.4 Å². The average molecular weight is 390 g/mol. The fourth-order valence-electron chi connectivity index (χ4n) is 4.12. The Morgan fingerprint density at radius 2 is 1.75 bits per heavy atom. The van der Waals surface area contributed by atoms with Gasteiger partial charge in [-0.3, -0.25) is 0 Å². The second-order valence-electron chi connectivity index (χ2n) is 6.51. The maximum absolute atomic E-state index is 5.63. The topological polar surface area (TPSA) is 13.1 Å². The van der Waals surface area contributed by atoms with Crippen LogP contribution in [-0.2, 0) is 45.5 Å². The molecule has 3 aromatic rings. The van der Waals surface area contributed by atoms with Gasteiger partial charge >= 0.3 is 0 Å². The van der Waals surface area contributed by atoms with E-state index >= 15 is 0 Å². The molecular weight excluding hydrogens is 371 g/mol. The Morgan fingerprint density at radius 3 is 2.54 bits per heavy atom. The normalized spacial score (nSPS) is 14.8. The first kappa shape index (κ1) is 15.8. The van der Waals surface area contributed by atoms with E-state index in [9.17, 15) is 0 Å². The van der Waals surface area contributed by atoms with E-state index in [-0.39, 0.29) is 26.2 Å². The number of fused-ring (bicyclic) bond motifs is 2. The molecule has 0 N–H and O–H groups in total. The van der Waals surface area contributed by atoms with Crippen molar-refractivity contribution in [1.82, 2.24) is 0 Å². The Labute approximate surface area is 161 Å². The van der Waals surface area contributed by atoms with E-state index in [0.717, 1.165) is 12.2 Å². The van der Waals surface area contributed by atoms with Crippen LogP contribution in [0.1, 0.15) is 34.4 Å². The van der Waals surface area contributed by atoms with Crippen molar-refractivity contribution in [3.8, 4) is 11.1 Å². The predicted octanol–water partition coefficient (Wildman–Crippen LogP) is 5.53. The van der Waals surface area contributed by atoms with Gasteiger partial charge in [-0.05, 0) is 76.4 Å². The Balaban J connectivity index is 0.00000146. The van der Waals surface area contributed by atoms with E-state index in [1.807, 2.05) is 6.07 Å². The second-order valence-corrected chi connectivity index (χ2v) is 6.51. The standard InChI is InChI=1S/C22H18O.Zr/c1-2-6-15(7-3-1)22-19-9-4-8-16(19)12-17-13-18(14-20(17)22)21-10-5-11-23-21;/h1-3,5-7,10-12,14H,4,8-9,13H2;. The third kappa shape index (κ3) is 2.49. The summed E-state index contributed by atoms with van der Waals surface area (Å²) in [6, 6.07) is 17.3. The summed E-state index contributed by atoms with van der Waals surface area (Å²) < 4.78 is 5.63. The van der Waals surface area contributed by atoms with Gasteiger partial charge in [0.05, 0.1) is 6.26 Å². The summed E-state index contributed by atoms with van der Waals surface area (Å²) in [5.41, 5.74) is 10.1. The Morgan fingerprint density at radius 1 is 0.875 bits per heavy atom. The molecule has 116 valence electrons. The van der Waals surface area contributed by atoms with Gasteiger partial charge in [-0.25, -0.2) is 0 Å². The van der Waals surface area contributed by atoms with Crippen molar-refractivity contribution in [3.63, 3.8) is 0 Å². The maximum atomic E-state index is 5.63. The zero-order chi connectivity index (χ0) is 15.2. The van der Waals surface area contributed by atoms with Gasteiger partial charge in [-0.2, -0.15) is 0 Å². The molecule has 0 aliphatic heterocycles. The zero-order valence-corrected chi connectivity index (χ0v) is 16.0. The van der Waals surface area contributed by atoms with Crippen LogP contribution in [0.5, 0.6) is 0 Å². The van der Waals surface area contributed by atoms with Crippen LogP contribution in [-0.4, -0.2) is 0 Å². The molecule has 2 aliphatic rings. The Hall–Kier alpha value is -1.66. The quantitative estimate of drug-likeness (QED) is 0.562. The minimum atomic E-state index is 0. The number of rotatable bonds is 2. The number of allylic oxidation sites excluding steroid dienone is 1. The van der Waals surface area contributed by atoms with Crippen molar-refractivity contribution >= 4 is 11.6 Å². The summed E-state index contributed by atoms with van der Waals surface area (Å²) in [6.07, 6.45) is 8.80. The van der Waals surface area contributed by atoms with Crippen molar-refractivity contribution in [2.75, 3.05) is 0 Å². The fraction of sp³-hybridized carbons (Fsp3) is 0.182. The average Bonchev–Trinajstić information content (AvgIpc) is 3.32. The van der Waals surface area contributed by atoms with Crippen LogP contribution in [0.15, 0.2) is 59.2 Å². The molecule has 5 rings (SSSR count). The number of benzene rings is 2. The minimum absolute atomic E-state index is 0. The Kier molecular flexibility index (Phi) is 4.18. The number of aryl methyl sites for hydroxylation is 1. The number of hydrogen-bond donors (Lipinski definition) is 0. The number of hydrogen-bond acceptors (Lipinski definition) is 1. The summed E-state index contributed by atoms with van der Waals surface area (Å²) in [6.45, 7) is 0. The smallest absolute Gasteiger partial charge is 0.130 e. The molecule has 0 spiro atoms. The van der Waals surface area contributed by atoms with Crippen LogP contribution < -0.4 is 0 Å². The molecule has 0 saturated heterocycles. The van der Waals surface area contributed by atoms with Crippen LogP contribution in [0.4, 0.5) is 0 Å². The molecule has 1 heterocycles. The molecule has 0 radical (unpaired) electrons. The van der Waals surface area contributed by atoms with Crippen molar-refractivity contribution in [2.45, 2.75) is 25.7 Å². The second kappa shape index (κ2) is 6.33. The van der Waals surface area contributed by atoms with Gasteiger partial charge in [-0.15, -0.1) is 0 Å². The molecule has 24 heavy (non-hydrogen) atoms. The molecular formula is C22H18OZr. The van der Waals surface area contributed by atoms with Crippen molar-refractivity contribution in [1.29, 1.82) is 0 Å². The van der Waals surface area contributed by atoms with Gasteiger partial charge < -0.3 is 4.42 Å². The van der Waals surface area contributed by atoms with Crippen LogP contribution in [0.3, 0.4) is 0 Å². The molecule has 2 aromatic carbocycles. The molecule has 0 atom stereocenters. The van der Waals surface area contributed by atoms with E-state index < -0.39 is 0 Å². The third-order valence-electron chi connectivity index (χ3n) is 5.13. The first-order valence-corrected chi connectivity index (χ1v) is 8.37. The molecule has 0 saturated carbocycles. The largest absolute Gasteiger partial charge is 0.465 e. The van der Waals surface area contributed by atoms with Crippen molar-refractivity contribution < 1.29 is 30.6 Å². The summed E-state index contributed by atoms with van der Waals surface area (Å²) in [5, 5.41) is 0. The monoisotopic (exact) mass is 388 g/mol. The molecule has 1 nitrogen and oxygen atoms in total. The molecule has 1 aromatic heterocycles. The van der Waals surface area contributed by atoms with E-state index in [1.54, 1.807) is 17.4 Å². The minimum Gasteiger partial charge on any atom is -0.465 e. The van der Waals surface area contributed by atoms with Crippen LogP contribution in [0.25, 0.3) is 22.8 Å². The van der Waals surface area contributed by atoms with E-state index in [1.165, 1.54) is 47.1 Å². The zero-order valence-electron chi connectivity index (χ0n) is 13.5. The maximum Gasteiger partial charge on any atom is 0.130 e. The molecule has 0 amide bonds. The van der Waals surface area contributed by atoms with Gasteiger partial charge in [0.2, 0.25) is 0 Å². The van der Waals surface area contributed by atoms with Crippen molar-refractivity contribution in [3.05, 3.63) is 82.8 Å². The first-order valence-electron chi connectivity index (χ1n) is 8.37. The first-order chi connectivity index (χ1) is 11.4. The summed E-state index contributed by atoms with van der Waals surface area (Å²) >= 11 is 0. The Bertz CT molecular complexity index is 905. The molecule has 0 unspecified atom stereocenters.